The molecule has 0 aromatic heterocycles. The van der Waals surface area contributed by atoms with Gasteiger partial charge in [-0.3, -0.25) is 4.90 Å². The molecule has 7 atom stereocenters. The molecule has 0 aromatic rings. The second kappa shape index (κ2) is 7.82. The molecule has 2 bridgehead atoms. The van der Waals surface area contributed by atoms with E-state index in [4.69, 9.17) is 9.47 Å². The summed E-state index contributed by atoms with van der Waals surface area (Å²) in [5, 5.41) is 23.4. The monoisotopic (exact) mass is 453 g/mol. The van der Waals surface area contributed by atoms with Crippen molar-refractivity contribution in [2.75, 3.05) is 13.1 Å². The summed E-state index contributed by atoms with van der Waals surface area (Å²) in [5.74, 6) is 1.55. The molecule has 4 aliphatic carbocycles. The van der Waals surface area contributed by atoms with Crippen molar-refractivity contribution in [2.45, 2.75) is 75.7 Å². The van der Waals surface area contributed by atoms with Gasteiger partial charge in [0.2, 0.25) is 0 Å². The summed E-state index contributed by atoms with van der Waals surface area (Å²) >= 11 is 0. The van der Waals surface area contributed by atoms with Gasteiger partial charge in [-0.05, 0) is 69.9 Å². The highest BCUT2D eigenvalue weighted by Gasteiger charge is 2.76. The molecule has 6 nitrogen and oxygen atoms in total. The Labute approximate surface area is 195 Å². The molecule has 7 unspecified atom stereocenters. The van der Waals surface area contributed by atoms with Crippen LogP contribution in [0.5, 0.6) is 0 Å². The summed E-state index contributed by atoms with van der Waals surface area (Å²) < 4.78 is 12.2. The van der Waals surface area contributed by atoms with Crippen molar-refractivity contribution >= 4 is 5.97 Å². The number of aliphatic hydroxyl groups is 2. The van der Waals surface area contributed by atoms with Crippen molar-refractivity contribution in [2.24, 2.45) is 23.2 Å². The van der Waals surface area contributed by atoms with Crippen LogP contribution in [0.25, 0.3) is 0 Å². The predicted octanol–water partition coefficient (Wildman–Crippen LogP) is 3.22. The number of rotatable bonds is 5. The Morgan fingerprint density at radius 1 is 1.30 bits per heavy atom. The van der Waals surface area contributed by atoms with Gasteiger partial charge in [0.25, 0.3) is 0 Å². The van der Waals surface area contributed by atoms with Gasteiger partial charge in [0.1, 0.15) is 11.9 Å². The van der Waals surface area contributed by atoms with E-state index in [-0.39, 0.29) is 17.9 Å². The molecule has 5 fully saturated rings. The first-order valence-corrected chi connectivity index (χ1v) is 12.7. The number of hydrogen-bond acceptors (Lipinski definition) is 6. The van der Waals surface area contributed by atoms with Crippen LogP contribution in [-0.4, -0.2) is 58.0 Å². The Morgan fingerprint density at radius 2 is 2.15 bits per heavy atom. The standard InChI is InChI=1S/C27H35NO5/c1-2-3-4-8-22(30)32-20-10-9-18-15-21-27(31)12-11-19(29)25-26(27,23(18)24(20)33-25)13-14-28(21)16-17-6-5-7-17/h2-4,8-10,17-19,21,23,25,29,31H,5-7,11-16H2,1H3/b3-2+,8-4+. The zero-order chi connectivity index (χ0) is 22.8. The summed E-state index contributed by atoms with van der Waals surface area (Å²) in [6.07, 6.45) is 16.4. The third-order valence-electron chi connectivity index (χ3n) is 9.51. The van der Waals surface area contributed by atoms with Crippen LogP contribution in [0.2, 0.25) is 0 Å². The number of hydrogen-bond donors (Lipinski definition) is 2. The molecule has 2 aliphatic heterocycles. The van der Waals surface area contributed by atoms with Gasteiger partial charge in [-0.1, -0.05) is 30.7 Å². The quantitative estimate of drug-likeness (QED) is 0.378. The van der Waals surface area contributed by atoms with E-state index in [0.29, 0.717) is 24.4 Å². The van der Waals surface area contributed by atoms with Gasteiger partial charge in [-0.2, -0.15) is 0 Å². The smallest absolute Gasteiger partial charge is 0.336 e. The van der Waals surface area contributed by atoms with Gasteiger partial charge in [0, 0.05) is 24.6 Å². The van der Waals surface area contributed by atoms with Crippen LogP contribution >= 0.6 is 0 Å². The molecule has 0 amide bonds. The van der Waals surface area contributed by atoms with E-state index in [1.54, 1.807) is 12.2 Å². The zero-order valence-electron chi connectivity index (χ0n) is 19.4. The molecule has 6 heteroatoms. The number of esters is 1. The van der Waals surface area contributed by atoms with Crippen molar-refractivity contribution in [1.82, 2.24) is 4.90 Å². The first-order chi connectivity index (χ1) is 16.0. The highest BCUT2D eigenvalue weighted by Crippen LogP contribution is 2.70. The lowest BCUT2D eigenvalue weighted by atomic mass is 9.44. The van der Waals surface area contributed by atoms with Crippen molar-refractivity contribution < 1.29 is 24.5 Å². The number of allylic oxidation sites excluding steroid dienone is 6. The van der Waals surface area contributed by atoms with Crippen LogP contribution in [0, 0.1) is 23.2 Å². The summed E-state index contributed by atoms with van der Waals surface area (Å²) in [6.45, 7) is 3.89. The van der Waals surface area contributed by atoms with E-state index < -0.39 is 29.2 Å². The molecule has 2 heterocycles. The van der Waals surface area contributed by atoms with E-state index in [0.717, 1.165) is 31.8 Å². The fourth-order valence-electron chi connectivity index (χ4n) is 7.90. The van der Waals surface area contributed by atoms with Crippen molar-refractivity contribution in [1.29, 1.82) is 0 Å². The van der Waals surface area contributed by atoms with Gasteiger partial charge >= 0.3 is 5.97 Å². The second-order valence-electron chi connectivity index (χ2n) is 10.9. The average molecular weight is 454 g/mol. The minimum absolute atomic E-state index is 0.0585. The van der Waals surface area contributed by atoms with Gasteiger partial charge < -0.3 is 19.7 Å². The minimum Gasteiger partial charge on any atom is -0.487 e. The summed E-state index contributed by atoms with van der Waals surface area (Å²) in [5.41, 5.74) is -1.43. The van der Waals surface area contributed by atoms with Crippen LogP contribution in [-0.2, 0) is 14.3 Å². The van der Waals surface area contributed by atoms with E-state index in [2.05, 4.69) is 11.0 Å². The van der Waals surface area contributed by atoms with Crippen LogP contribution in [0.3, 0.4) is 0 Å². The SMILES string of the molecule is C/C=C/C=C/C(=O)OC1=C2OC3C(O)CCC4(O)C5CC(C=C1)C2C34CCN5CC1CCC1. The zero-order valence-corrected chi connectivity index (χ0v) is 19.4. The highest BCUT2D eigenvalue weighted by atomic mass is 16.6. The molecule has 6 aliphatic rings. The van der Waals surface area contributed by atoms with Gasteiger partial charge in [0.05, 0.1) is 17.1 Å². The molecule has 0 aromatic carbocycles. The maximum absolute atomic E-state index is 12.4. The van der Waals surface area contributed by atoms with Crippen LogP contribution < -0.4 is 0 Å². The fraction of sp³-hybridized carbons (Fsp3) is 0.667. The lowest BCUT2D eigenvalue weighted by molar-refractivity contribution is -0.268. The molecule has 1 spiro atoms. The van der Waals surface area contributed by atoms with Gasteiger partial charge in [0.15, 0.2) is 5.76 Å². The largest absolute Gasteiger partial charge is 0.487 e. The molecule has 33 heavy (non-hydrogen) atoms. The normalized spacial score (nSPS) is 44.2. The Hall–Kier alpha value is -1.89. The molecule has 178 valence electrons. The summed E-state index contributed by atoms with van der Waals surface area (Å²) in [6, 6.07) is 0.0866. The third-order valence-corrected chi connectivity index (χ3v) is 9.51. The molecular weight excluding hydrogens is 418 g/mol. The van der Waals surface area contributed by atoms with Crippen molar-refractivity contribution in [3.05, 3.63) is 48.0 Å². The summed E-state index contributed by atoms with van der Waals surface area (Å²) in [4.78, 5) is 14.9. The van der Waals surface area contributed by atoms with Gasteiger partial charge in [-0.25, -0.2) is 4.79 Å². The number of ether oxygens (including phenoxy) is 2. The third kappa shape index (κ3) is 3.00. The second-order valence-corrected chi connectivity index (χ2v) is 10.9. The summed E-state index contributed by atoms with van der Waals surface area (Å²) in [7, 11) is 0. The van der Waals surface area contributed by atoms with Gasteiger partial charge in [-0.15, -0.1) is 0 Å². The average Bonchev–Trinajstić information content (AvgIpc) is 3.12. The van der Waals surface area contributed by atoms with E-state index in [9.17, 15) is 15.0 Å². The minimum atomic E-state index is -0.895. The number of piperidine rings is 1. The Kier molecular flexibility index (Phi) is 5.13. The van der Waals surface area contributed by atoms with Crippen molar-refractivity contribution in [3.8, 4) is 0 Å². The van der Waals surface area contributed by atoms with Crippen molar-refractivity contribution in [3.63, 3.8) is 0 Å². The highest BCUT2D eigenvalue weighted by molar-refractivity contribution is 5.83. The molecular formula is C27H35NO5. The molecule has 3 saturated carbocycles. The molecule has 2 saturated heterocycles. The van der Waals surface area contributed by atoms with E-state index >= 15 is 0 Å². The van der Waals surface area contributed by atoms with Crippen LogP contribution in [0.15, 0.2) is 48.0 Å². The Bertz CT molecular complexity index is 948. The molecule has 2 N–H and O–H groups in total. The maximum atomic E-state index is 12.4. The lowest BCUT2D eigenvalue weighted by Crippen LogP contribution is -2.77. The Morgan fingerprint density at radius 3 is 2.91 bits per heavy atom. The first kappa shape index (κ1) is 21.6. The molecule has 6 rings (SSSR count). The number of carbonyl (C=O) groups excluding carboxylic acids is 1. The number of carbonyl (C=O) groups is 1. The molecule has 0 radical (unpaired) electrons. The van der Waals surface area contributed by atoms with E-state index in [1.165, 1.54) is 25.3 Å². The fourth-order valence-corrected chi connectivity index (χ4v) is 7.90. The first-order valence-electron chi connectivity index (χ1n) is 12.7. The Balaban J connectivity index is 1.36. The van der Waals surface area contributed by atoms with E-state index in [1.807, 2.05) is 19.1 Å². The number of likely N-dealkylation sites (tertiary alicyclic amines) is 1. The topological polar surface area (TPSA) is 79.2 Å². The van der Waals surface area contributed by atoms with Crippen LogP contribution in [0.4, 0.5) is 0 Å². The predicted molar refractivity (Wildman–Crippen MR) is 123 cm³/mol. The lowest BCUT2D eigenvalue weighted by Gasteiger charge is -2.67. The number of nitrogens with zero attached hydrogens (tertiary/aromatic N) is 1. The van der Waals surface area contributed by atoms with Crippen LogP contribution in [0.1, 0.15) is 51.9 Å². The number of aliphatic hydroxyl groups excluding tert-OH is 1. The maximum Gasteiger partial charge on any atom is 0.336 e.